The second kappa shape index (κ2) is 5.26. The van der Waals surface area contributed by atoms with Crippen LogP contribution in [0.3, 0.4) is 0 Å². The maximum atomic E-state index is 12.9. The van der Waals surface area contributed by atoms with Gasteiger partial charge in [-0.15, -0.1) is 0 Å². The average molecular weight is 229 g/mol. The first-order valence-corrected chi connectivity index (χ1v) is 5.43. The number of carbonyl (C=O) groups excluding carboxylic acids is 1. The van der Waals surface area contributed by atoms with Crippen LogP contribution in [0.25, 0.3) is 0 Å². The number of benzene rings is 1. The maximum absolute atomic E-state index is 12.9. The third-order valence-electron chi connectivity index (χ3n) is 2.36. The standard InChI is InChI=1S/C12H14ClFO/c1-3-4-8(2)12(15)10-7-9(14)5-6-11(10)13/h5-8H,3-4H2,1-2H3. The van der Waals surface area contributed by atoms with E-state index in [0.29, 0.717) is 5.02 Å². The highest BCUT2D eigenvalue weighted by Crippen LogP contribution is 2.22. The Morgan fingerprint density at radius 3 is 2.80 bits per heavy atom. The summed E-state index contributed by atoms with van der Waals surface area (Å²) in [4.78, 5) is 11.9. The van der Waals surface area contributed by atoms with Gasteiger partial charge in [0.2, 0.25) is 0 Å². The van der Waals surface area contributed by atoms with Crippen molar-refractivity contribution < 1.29 is 9.18 Å². The van der Waals surface area contributed by atoms with Crippen molar-refractivity contribution in [1.82, 2.24) is 0 Å². The molecule has 1 aromatic rings. The zero-order valence-electron chi connectivity index (χ0n) is 8.89. The number of halogens is 2. The zero-order valence-corrected chi connectivity index (χ0v) is 9.64. The van der Waals surface area contributed by atoms with Crippen LogP contribution in [0.2, 0.25) is 5.02 Å². The molecule has 0 fully saturated rings. The molecule has 1 atom stereocenters. The quantitative estimate of drug-likeness (QED) is 0.710. The highest BCUT2D eigenvalue weighted by atomic mass is 35.5. The van der Waals surface area contributed by atoms with Gasteiger partial charge in [0.1, 0.15) is 5.82 Å². The van der Waals surface area contributed by atoms with E-state index in [0.717, 1.165) is 12.8 Å². The predicted molar refractivity (Wildman–Crippen MR) is 59.8 cm³/mol. The molecule has 0 aliphatic heterocycles. The fourth-order valence-electron chi connectivity index (χ4n) is 1.52. The van der Waals surface area contributed by atoms with Crippen molar-refractivity contribution in [3.63, 3.8) is 0 Å². The van der Waals surface area contributed by atoms with Gasteiger partial charge in [0.05, 0.1) is 5.02 Å². The second-order valence-electron chi connectivity index (χ2n) is 3.68. The summed E-state index contributed by atoms with van der Waals surface area (Å²) in [7, 11) is 0. The minimum Gasteiger partial charge on any atom is -0.294 e. The molecule has 0 heterocycles. The molecule has 1 rings (SSSR count). The highest BCUT2D eigenvalue weighted by molar-refractivity contribution is 6.34. The van der Waals surface area contributed by atoms with Crippen LogP contribution in [-0.2, 0) is 0 Å². The number of rotatable bonds is 4. The lowest BCUT2D eigenvalue weighted by Crippen LogP contribution is -2.11. The lowest BCUT2D eigenvalue weighted by Gasteiger charge is -2.10. The fourth-order valence-corrected chi connectivity index (χ4v) is 1.73. The van der Waals surface area contributed by atoms with Crippen LogP contribution in [0.4, 0.5) is 4.39 Å². The molecule has 0 saturated heterocycles. The summed E-state index contributed by atoms with van der Waals surface area (Å²) < 4.78 is 12.9. The molecule has 0 aromatic heterocycles. The summed E-state index contributed by atoms with van der Waals surface area (Å²) in [6.07, 6.45) is 1.73. The van der Waals surface area contributed by atoms with E-state index < -0.39 is 5.82 Å². The molecule has 0 bridgehead atoms. The van der Waals surface area contributed by atoms with E-state index in [2.05, 4.69) is 0 Å². The normalized spacial score (nSPS) is 12.5. The van der Waals surface area contributed by atoms with Crippen LogP contribution in [0, 0.1) is 11.7 Å². The van der Waals surface area contributed by atoms with Crippen LogP contribution >= 0.6 is 11.6 Å². The first-order valence-electron chi connectivity index (χ1n) is 5.05. The van der Waals surface area contributed by atoms with E-state index in [1.54, 1.807) is 0 Å². The molecule has 82 valence electrons. The number of hydrogen-bond donors (Lipinski definition) is 0. The Labute approximate surface area is 94.3 Å². The van der Waals surface area contributed by atoms with E-state index in [4.69, 9.17) is 11.6 Å². The number of hydrogen-bond acceptors (Lipinski definition) is 1. The van der Waals surface area contributed by atoms with Gasteiger partial charge in [-0.1, -0.05) is 31.9 Å². The van der Waals surface area contributed by atoms with Crippen LogP contribution < -0.4 is 0 Å². The van der Waals surface area contributed by atoms with E-state index in [9.17, 15) is 9.18 Å². The largest absolute Gasteiger partial charge is 0.294 e. The van der Waals surface area contributed by atoms with E-state index in [1.807, 2.05) is 13.8 Å². The van der Waals surface area contributed by atoms with Crippen molar-refractivity contribution in [2.75, 3.05) is 0 Å². The summed E-state index contributed by atoms with van der Waals surface area (Å²) >= 11 is 5.85. The third kappa shape index (κ3) is 3.03. The Kier molecular flexibility index (Phi) is 4.28. The van der Waals surface area contributed by atoms with Gasteiger partial charge in [0.15, 0.2) is 5.78 Å². The summed E-state index contributed by atoms with van der Waals surface area (Å²) in [6, 6.07) is 3.88. The first kappa shape index (κ1) is 12.2. The molecule has 3 heteroatoms. The van der Waals surface area contributed by atoms with Crippen LogP contribution in [0.1, 0.15) is 37.0 Å². The molecule has 1 nitrogen and oxygen atoms in total. The monoisotopic (exact) mass is 228 g/mol. The summed E-state index contributed by atoms with van der Waals surface area (Å²) in [5.74, 6) is -0.609. The Morgan fingerprint density at radius 2 is 2.20 bits per heavy atom. The van der Waals surface area contributed by atoms with E-state index in [1.165, 1.54) is 18.2 Å². The van der Waals surface area contributed by atoms with Gasteiger partial charge in [-0.05, 0) is 24.6 Å². The molecule has 1 unspecified atom stereocenters. The molecule has 0 radical (unpaired) electrons. The van der Waals surface area contributed by atoms with Gasteiger partial charge < -0.3 is 0 Å². The average Bonchev–Trinajstić information content (AvgIpc) is 2.21. The number of carbonyl (C=O) groups is 1. The van der Waals surface area contributed by atoms with E-state index >= 15 is 0 Å². The molecule has 0 N–H and O–H groups in total. The highest BCUT2D eigenvalue weighted by Gasteiger charge is 2.17. The first-order chi connectivity index (χ1) is 7.06. The molecular weight excluding hydrogens is 215 g/mol. The maximum Gasteiger partial charge on any atom is 0.167 e. The zero-order chi connectivity index (χ0) is 11.4. The van der Waals surface area contributed by atoms with Gasteiger partial charge in [-0.2, -0.15) is 0 Å². The van der Waals surface area contributed by atoms with Crippen molar-refractivity contribution >= 4 is 17.4 Å². The second-order valence-corrected chi connectivity index (χ2v) is 4.09. The van der Waals surface area contributed by atoms with Crippen LogP contribution in [0.5, 0.6) is 0 Å². The topological polar surface area (TPSA) is 17.1 Å². The SMILES string of the molecule is CCCC(C)C(=O)c1cc(F)ccc1Cl. The molecule has 15 heavy (non-hydrogen) atoms. The van der Waals surface area contributed by atoms with Crippen molar-refractivity contribution in [1.29, 1.82) is 0 Å². The molecule has 0 amide bonds. The third-order valence-corrected chi connectivity index (χ3v) is 2.69. The van der Waals surface area contributed by atoms with Crippen LogP contribution in [-0.4, -0.2) is 5.78 Å². The minimum absolute atomic E-state index is 0.0821. The van der Waals surface area contributed by atoms with Crippen molar-refractivity contribution in [2.45, 2.75) is 26.7 Å². The van der Waals surface area contributed by atoms with Crippen LogP contribution in [0.15, 0.2) is 18.2 Å². The van der Waals surface area contributed by atoms with Gasteiger partial charge in [0, 0.05) is 11.5 Å². The summed E-state index contributed by atoms with van der Waals surface area (Å²) in [5, 5.41) is 0.323. The molecule has 0 aliphatic carbocycles. The minimum atomic E-state index is -0.425. The van der Waals surface area contributed by atoms with E-state index in [-0.39, 0.29) is 17.3 Å². The smallest absolute Gasteiger partial charge is 0.167 e. The van der Waals surface area contributed by atoms with Gasteiger partial charge in [0.25, 0.3) is 0 Å². The Hall–Kier alpha value is -0.890. The van der Waals surface area contributed by atoms with Gasteiger partial charge >= 0.3 is 0 Å². The summed E-state index contributed by atoms with van der Waals surface area (Å²) in [6.45, 7) is 3.85. The van der Waals surface area contributed by atoms with Gasteiger partial charge in [-0.25, -0.2) is 4.39 Å². The van der Waals surface area contributed by atoms with Gasteiger partial charge in [-0.3, -0.25) is 4.79 Å². The number of ketones is 1. The predicted octanol–water partition coefficient (Wildman–Crippen LogP) is 4.10. The van der Waals surface area contributed by atoms with Crippen molar-refractivity contribution in [2.24, 2.45) is 5.92 Å². The summed E-state index contributed by atoms with van der Waals surface area (Å²) in [5.41, 5.74) is 0.289. The molecule has 0 saturated carbocycles. The molecule has 1 aromatic carbocycles. The fraction of sp³-hybridized carbons (Fsp3) is 0.417. The van der Waals surface area contributed by atoms with Crippen molar-refractivity contribution in [3.05, 3.63) is 34.6 Å². The molecule has 0 spiro atoms. The molecule has 0 aliphatic rings. The van der Waals surface area contributed by atoms with Crippen molar-refractivity contribution in [3.8, 4) is 0 Å². The lowest BCUT2D eigenvalue weighted by atomic mass is 9.95. The lowest BCUT2D eigenvalue weighted by molar-refractivity contribution is 0.0923. The Balaban J connectivity index is 2.95. The Morgan fingerprint density at radius 1 is 1.53 bits per heavy atom. The Bertz CT molecular complexity index is 363. The molecular formula is C12H14ClFO. The number of Topliss-reactive ketones (excluding diaryl/α,β-unsaturated/α-hetero) is 1.